The summed E-state index contributed by atoms with van der Waals surface area (Å²) in [6, 6.07) is 0.0255. The van der Waals surface area contributed by atoms with E-state index in [0.717, 1.165) is 11.0 Å². The van der Waals surface area contributed by atoms with Gasteiger partial charge in [0.05, 0.1) is 20.6 Å². The molecule has 0 bridgehead atoms. The highest BCUT2D eigenvalue weighted by Gasteiger charge is 2.26. The molecule has 0 saturated carbocycles. The van der Waals surface area contributed by atoms with Gasteiger partial charge in [0.2, 0.25) is 5.78 Å². The molecule has 72 valence electrons. The summed E-state index contributed by atoms with van der Waals surface area (Å²) in [5.41, 5.74) is 0. The predicted octanol–water partition coefficient (Wildman–Crippen LogP) is -1.77. The van der Waals surface area contributed by atoms with Crippen LogP contribution in [-0.4, -0.2) is 36.9 Å². The van der Waals surface area contributed by atoms with Crippen LogP contribution in [0.1, 0.15) is 13.8 Å². The normalized spacial score (nSPS) is 13.0. The van der Waals surface area contributed by atoms with Crippen LogP contribution >= 0.6 is 0 Å². The van der Waals surface area contributed by atoms with E-state index in [0.29, 0.717) is 0 Å². The lowest BCUT2D eigenvalue weighted by atomic mass is 10.1. The molecule has 0 aliphatic carbocycles. The minimum absolute atomic E-state index is 0. The van der Waals surface area contributed by atoms with E-state index in [1.54, 1.807) is 0 Å². The van der Waals surface area contributed by atoms with Crippen molar-refractivity contribution in [1.82, 2.24) is 0 Å². The standard InChI is InChI=1S/C9H18NO.ClH/c1-6-9(11)8(3)10(4,5)7-2;/h6,8H,1,7H2,2-5H3;1H/q+1;/p-1. The molecule has 1 unspecified atom stereocenters. The Hall–Kier alpha value is -0.340. The Labute approximate surface area is 81.3 Å². The van der Waals surface area contributed by atoms with Crippen molar-refractivity contribution in [3.8, 4) is 0 Å². The first-order chi connectivity index (χ1) is 4.95. The lowest BCUT2D eigenvalue weighted by Crippen LogP contribution is -3.00. The van der Waals surface area contributed by atoms with Crippen LogP contribution in [0, 0.1) is 0 Å². The zero-order chi connectivity index (χ0) is 9.07. The van der Waals surface area contributed by atoms with E-state index >= 15 is 0 Å². The topological polar surface area (TPSA) is 17.1 Å². The van der Waals surface area contributed by atoms with Crippen molar-refractivity contribution in [2.24, 2.45) is 0 Å². The van der Waals surface area contributed by atoms with Gasteiger partial charge in [-0.25, -0.2) is 0 Å². The Kier molecular flexibility index (Phi) is 6.31. The number of quaternary nitrogens is 1. The van der Waals surface area contributed by atoms with Crippen molar-refractivity contribution in [1.29, 1.82) is 0 Å². The van der Waals surface area contributed by atoms with E-state index < -0.39 is 0 Å². The number of hydrogen-bond donors (Lipinski definition) is 0. The fraction of sp³-hybridized carbons (Fsp3) is 0.667. The molecule has 0 amide bonds. The molecular weight excluding hydrogens is 174 g/mol. The second kappa shape index (κ2) is 5.33. The van der Waals surface area contributed by atoms with Crippen molar-refractivity contribution >= 4 is 5.78 Å². The molecule has 3 heteroatoms. The van der Waals surface area contributed by atoms with Crippen LogP contribution < -0.4 is 12.4 Å². The van der Waals surface area contributed by atoms with Crippen molar-refractivity contribution in [3.63, 3.8) is 0 Å². The molecule has 0 spiro atoms. The van der Waals surface area contributed by atoms with E-state index in [4.69, 9.17) is 0 Å². The molecule has 12 heavy (non-hydrogen) atoms. The summed E-state index contributed by atoms with van der Waals surface area (Å²) < 4.78 is 0.727. The lowest BCUT2D eigenvalue weighted by molar-refractivity contribution is -0.901. The number of hydrogen-bond acceptors (Lipinski definition) is 1. The van der Waals surface area contributed by atoms with Crippen molar-refractivity contribution < 1.29 is 21.7 Å². The number of carbonyl (C=O) groups is 1. The maximum Gasteiger partial charge on any atom is 0.211 e. The molecular formula is C9H18ClNO. The fourth-order valence-electron chi connectivity index (χ4n) is 0.789. The van der Waals surface area contributed by atoms with Gasteiger partial charge >= 0.3 is 0 Å². The molecule has 0 N–H and O–H groups in total. The molecule has 0 aliphatic heterocycles. The second-order valence-corrected chi connectivity index (χ2v) is 3.38. The van der Waals surface area contributed by atoms with Crippen LogP contribution in [0.2, 0.25) is 0 Å². The summed E-state index contributed by atoms with van der Waals surface area (Å²) in [6.07, 6.45) is 1.40. The maximum absolute atomic E-state index is 11.2. The van der Waals surface area contributed by atoms with Gasteiger partial charge in [-0.05, 0) is 19.9 Å². The predicted molar refractivity (Wildman–Crippen MR) is 47.3 cm³/mol. The van der Waals surface area contributed by atoms with Crippen LogP contribution in [0.15, 0.2) is 12.7 Å². The summed E-state index contributed by atoms with van der Waals surface area (Å²) in [5.74, 6) is 0.122. The van der Waals surface area contributed by atoms with Crippen molar-refractivity contribution in [2.45, 2.75) is 19.9 Å². The van der Waals surface area contributed by atoms with Crippen LogP contribution in [-0.2, 0) is 4.79 Å². The second-order valence-electron chi connectivity index (χ2n) is 3.38. The van der Waals surface area contributed by atoms with E-state index in [1.165, 1.54) is 6.08 Å². The quantitative estimate of drug-likeness (QED) is 0.380. The van der Waals surface area contributed by atoms with Gasteiger partial charge in [-0.15, -0.1) is 0 Å². The van der Waals surface area contributed by atoms with E-state index in [-0.39, 0.29) is 24.2 Å². The highest BCUT2D eigenvalue weighted by Crippen LogP contribution is 2.06. The molecule has 0 radical (unpaired) electrons. The van der Waals surface area contributed by atoms with E-state index in [9.17, 15) is 4.79 Å². The first-order valence-electron chi connectivity index (χ1n) is 3.94. The number of carbonyl (C=O) groups excluding carboxylic acids is 1. The van der Waals surface area contributed by atoms with Crippen molar-refractivity contribution in [3.05, 3.63) is 12.7 Å². The molecule has 0 aromatic heterocycles. The van der Waals surface area contributed by atoms with E-state index in [1.807, 2.05) is 21.0 Å². The zero-order valence-corrected chi connectivity index (χ0v) is 9.06. The lowest BCUT2D eigenvalue weighted by Gasteiger charge is -2.33. The molecule has 0 aliphatic rings. The molecule has 0 aromatic carbocycles. The average Bonchev–Trinajstić information content (AvgIpc) is 2.01. The monoisotopic (exact) mass is 191 g/mol. The smallest absolute Gasteiger partial charge is 0.211 e. The van der Waals surface area contributed by atoms with Gasteiger partial charge in [-0.3, -0.25) is 4.79 Å². The zero-order valence-electron chi connectivity index (χ0n) is 8.30. The summed E-state index contributed by atoms with van der Waals surface area (Å²) in [7, 11) is 4.10. The summed E-state index contributed by atoms with van der Waals surface area (Å²) in [4.78, 5) is 11.2. The molecule has 0 heterocycles. The Balaban J connectivity index is 0. The minimum atomic E-state index is 0. The maximum atomic E-state index is 11.2. The van der Waals surface area contributed by atoms with Gasteiger partial charge in [0.1, 0.15) is 6.04 Å². The first kappa shape index (κ1) is 14.2. The molecule has 0 rings (SSSR count). The first-order valence-corrected chi connectivity index (χ1v) is 3.94. The molecule has 2 nitrogen and oxygen atoms in total. The summed E-state index contributed by atoms with van der Waals surface area (Å²) in [5, 5.41) is 0. The third-order valence-corrected chi connectivity index (χ3v) is 2.48. The summed E-state index contributed by atoms with van der Waals surface area (Å²) in [6.45, 7) is 8.44. The highest BCUT2D eigenvalue weighted by atomic mass is 35.5. The van der Waals surface area contributed by atoms with E-state index in [2.05, 4.69) is 13.5 Å². The Morgan fingerprint density at radius 3 is 2.25 bits per heavy atom. The number of nitrogens with zero attached hydrogens (tertiary/aromatic N) is 1. The van der Waals surface area contributed by atoms with Crippen LogP contribution in [0.5, 0.6) is 0 Å². The van der Waals surface area contributed by atoms with Gasteiger partial charge in [0, 0.05) is 0 Å². The Morgan fingerprint density at radius 2 is 2.00 bits per heavy atom. The number of halogens is 1. The van der Waals surface area contributed by atoms with Crippen LogP contribution in [0.3, 0.4) is 0 Å². The highest BCUT2D eigenvalue weighted by molar-refractivity contribution is 5.92. The van der Waals surface area contributed by atoms with Crippen LogP contribution in [0.25, 0.3) is 0 Å². The van der Waals surface area contributed by atoms with Gasteiger partial charge < -0.3 is 16.9 Å². The molecule has 0 aromatic rings. The molecule has 0 saturated heterocycles. The largest absolute Gasteiger partial charge is 1.00 e. The Bertz CT molecular complexity index is 166. The van der Waals surface area contributed by atoms with Gasteiger partial charge in [-0.1, -0.05) is 6.58 Å². The molecule has 1 atom stereocenters. The third-order valence-electron chi connectivity index (χ3n) is 2.48. The fourth-order valence-corrected chi connectivity index (χ4v) is 0.789. The average molecular weight is 192 g/mol. The number of ketones is 1. The van der Waals surface area contributed by atoms with Crippen LogP contribution in [0.4, 0.5) is 0 Å². The molecule has 0 fully saturated rings. The summed E-state index contributed by atoms with van der Waals surface area (Å²) >= 11 is 0. The van der Waals surface area contributed by atoms with Gasteiger partial charge in [0.25, 0.3) is 0 Å². The van der Waals surface area contributed by atoms with Crippen molar-refractivity contribution in [2.75, 3.05) is 20.6 Å². The minimum Gasteiger partial charge on any atom is -1.00 e. The SMILES string of the molecule is C=CC(=O)C(C)[N+](C)(C)CC.[Cl-]. The van der Waals surface area contributed by atoms with Gasteiger partial charge in [-0.2, -0.15) is 0 Å². The number of rotatable bonds is 4. The third kappa shape index (κ3) is 3.37. The van der Waals surface area contributed by atoms with Gasteiger partial charge in [0.15, 0.2) is 0 Å². The number of likely N-dealkylation sites (N-methyl/N-ethyl adjacent to an activating group) is 1. The Morgan fingerprint density at radius 1 is 1.58 bits per heavy atom.